The van der Waals surface area contributed by atoms with E-state index in [4.69, 9.17) is 9.84 Å². The van der Waals surface area contributed by atoms with Gasteiger partial charge in [-0.1, -0.05) is 0 Å². The van der Waals surface area contributed by atoms with Crippen molar-refractivity contribution in [3.63, 3.8) is 0 Å². The number of aryl methyl sites for hydroxylation is 1. The van der Waals surface area contributed by atoms with Crippen LogP contribution in [0.25, 0.3) is 0 Å². The molecule has 1 rings (SSSR count). The zero-order chi connectivity index (χ0) is 12.5. The van der Waals surface area contributed by atoms with E-state index >= 15 is 0 Å². The standard InChI is InChI=1S/C11H12F2O3/c1-6-4-7(12)9(8(13)5-6)16-11(2,3)10(14)15/h4-5H,1-3H3,(H,14,15). The Labute approximate surface area is 91.7 Å². The van der Waals surface area contributed by atoms with Gasteiger partial charge in [-0.3, -0.25) is 0 Å². The van der Waals surface area contributed by atoms with Crippen LogP contribution in [0.4, 0.5) is 8.78 Å². The second kappa shape index (κ2) is 4.08. The molecule has 0 spiro atoms. The monoisotopic (exact) mass is 230 g/mol. The highest BCUT2D eigenvalue weighted by atomic mass is 19.1. The van der Waals surface area contributed by atoms with Gasteiger partial charge >= 0.3 is 5.97 Å². The van der Waals surface area contributed by atoms with Crippen LogP contribution in [0.5, 0.6) is 5.75 Å². The first-order valence-electron chi connectivity index (χ1n) is 4.62. The Balaban J connectivity index is 3.11. The first-order valence-corrected chi connectivity index (χ1v) is 4.62. The maximum absolute atomic E-state index is 13.3. The zero-order valence-electron chi connectivity index (χ0n) is 9.17. The van der Waals surface area contributed by atoms with Gasteiger partial charge < -0.3 is 9.84 Å². The van der Waals surface area contributed by atoms with Gasteiger partial charge in [0.25, 0.3) is 0 Å². The molecule has 0 aliphatic rings. The molecule has 1 aromatic rings. The third kappa shape index (κ3) is 2.48. The Kier molecular flexibility index (Phi) is 3.16. The Bertz CT molecular complexity index is 404. The number of benzene rings is 1. The fourth-order valence-corrected chi connectivity index (χ4v) is 1.08. The van der Waals surface area contributed by atoms with Crippen LogP contribution in [0, 0.1) is 18.6 Å². The van der Waals surface area contributed by atoms with Crippen LogP contribution in [0.2, 0.25) is 0 Å². The van der Waals surface area contributed by atoms with E-state index in [0.29, 0.717) is 5.56 Å². The predicted molar refractivity (Wildman–Crippen MR) is 53.4 cm³/mol. The summed E-state index contributed by atoms with van der Waals surface area (Å²) in [5.74, 6) is -3.79. The van der Waals surface area contributed by atoms with Crippen LogP contribution in [0.3, 0.4) is 0 Å². The smallest absolute Gasteiger partial charge is 0.347 e. The summed E-state index contributed by atoms with van der Waals surface area (Å²) in [6.07, 6.45) is 0. The zero-order valence-corrected chi connectivity index (χ0v) is 9.17. The van der Waals surface area contributed by atoms with Crippen molar-refractivity contribution in [2.24, 2.45) is 0 Å². The van der Waals surface area contributed by atoms with Gasteiger partial charge in [0, 0.05) is 0 Å². The first-order chi connectivity index (χ1) is 7.24. The van der Waals surface area contributed by atoms with Crippen molar-refractivity contribution in [3.8, 4) is 5.75 Å². The lowest BCUT2D eigenvalue weighted by Gasteiger charge is -2.22. The molecule has 1 N–H and O–H groups in total. The molecule has 0 aliphatic heterocycles. The molecular weight excluding hydrogens is 218 g/mol. The first kappa shape index (κ1) is 12.4. The van der Waals surface area contributed by atoms with E-state index in [1.54, 1.807) is 0 Å². The minimum Gasteiger partial charge on any atom is -0.478 e. The number of ether oxygens (including phenoxy) is 1. The van der Waals surface area contributed by atoms with Gasteiger partial charge in [-0.2, -0.15) is 0 Å². The normalized spacial score (nSPS) is 11.3. The van der Waals surface area contributed by atoms with Crippen molar-refractivity contribution < 1.29 is 23.4 Å². The highest BCUT2D eigenvalue weighted by Gasteiger charge is 2.31. The number of carboxylic acid groups (broad SMARTS) is 1. The Morgan fingerprint density at radius 1 is 1.31 bits per heavy atom. The van der Waals surface area contributed by atoms with Gasteiger partial charge in [0.1, 0.15) is 0 Å². The molecule has 0 saturated carbocycles. The van der Waals surface area contributed by atoms with Gasteiger partial charge in [0.2, 0.25) is 0 Å². The quantitative estimate of drug-likeness (QED) is 0.867. The van der Waals surface area contributed by atoms with E-state index in [2.05, 4.69) is 0 Å². The summed E-state index contributed by atoms with van der Waals surface area (Å²) in [6, 6.07) is 2.16. The topological polar surface area (TPSA) is 46.5 Å². The fraction of sp³-hybridized carbons (Fsp3) is 0.364. The van der Waals surface area contributed by atoms with E-state index in [0.717, 1.165) is 12.1 Å². The predicted octanol–water partition coefficient (Wildman–Crippen LogP) is 2.52. The van der Waals surface area contributed by atoms with Crippen LogP contribution in [-0.4, -0.2) is 16.7 Å². The average Bonchev–Trinajstić information content (AvgIpc) is 2.11. The number of hydrogen-bond donors (Lipinski definition) is 1. The molecule has 88 valence electrons. The van der Waals surface area contributed by atoms with Gasteiger partial charge in [-0.25, -0.2) is 13.6 Å². The summed E-state index contributed by atoms with van der Waals surface area (Å²) in [4.78, 5) is 10.7. The van der Waals surface area contributed by atoms with Crippen LogP contribution >= 0.6 is 0 Å². The van der Waals surface area contributed by atoms with Crippen LogP contribution < -0.4 is 4.74 Å². The number of halogens is 2. The second-order valence-electron chi connectivity index (χ2n) is 3.98. The lowest BCUT2D eigenvalue weighted by atomic mass is 10.1. The number of rotatable bonds is 3. The number of hydrogen-bond acceptors (Lipinski definition) is 2. The summed E-state index contributed by atoms with van der Waals surface area (Å²) in [5, 5.41) is 8.77. The molecule has 0 aromatic heterocycles. The van der Waals surface area contributed by atoms with Crippen molar-refractivity contribution in [2.45, 2.75) is 26.4 Å². The van der Waals surface area contributed by atoms with Crippen molar-refractivity contribution in [3.05, 3.63) is 29.3 Å². The Morgan fingerprint density at radius 3 is 2.12 bits per heavy atom. The van der Waals surface area contributed by atoms with Crippen molar-refractivity contribution in [1.82, 2.24) is 0 Å². The molecule has 1 aromatic carbocycles. The van der Waals surface area contributed by atoms with E-state index in [1.165, 1.54) is 20.8 Å². The lowest BCUT2D eigenvalue weighted by molar-refractivity contribution is -0.152. The molecule has 0 fully saturated rings. The maximum Gasteiger partial charge on any atom is 0.347 e. The highest BCUT2D eigenvalue weighted by molar-refractivity contribution is 5.76. The maximum atomic E-state index is 13.3. The third-order valence-corrected chi connectivity index (χ3v) is 2.01. The molecule has 0 unspecified atom stereocenters. The molecule has 0 heterocycles. The summed E-state index contributed by atoms with van der Waals surface area (Å²) in [6.45, 7) is 3.96. The SMILES string of the molecule is Cc1cc(F)c(OC(C)(C)C(=O)O)c(F)c1. The molecule has 16 heavy (non-hydrogen) atoms. The van der Waals surface area contributed by atoms with Gasteiger partial charge in [-0.05, 0) is 38.5 Å². The van der Waals surface area contributed by atoms with Gasteiger partial charge in [0.15, 0.2) is 23.0 Å². The van der Waals surface area contributed by atoms with E-state index in [-0.39, 0.29) is 0 Å². The van der Waals surface area contributed by atoms with Gasteiger partial charge in [0.05, 0.1) is 0 Å². The summed E-state index contributed by atoms with van der Waals surface area (Å²) >= 11 is 0. The Morgan fingerprint density at radius 2 is 1.75 bits per heavy atom. The van der Waals surface area contributed by atoms with Crippen molar-refractivity contribution in [1.29, 1.82) is 0 Å². The molecule has 0 saturated heterocycles. The molecule has 3 nitrogen and oxygen atoms in total. The van der Waals surface area contributed by atoms with E-state index < -0.39 is 29.0 Å². The summed E-state index contributed by atoms with van der Waals surface area (Å²) in [7, 11) is 0. The van der Waals surface area contributed by atoms with Crippen molar-refractivity contribution >= 4 is 5.97 Å². The molecule has 0 bridgehead atoms. The van der Waals surface area contributed by atoms with Crippen LogP contribution in [0.15, 0.2) is 12.1 Å². The van der Waals surface area contributed by atoms with E-state index in [1.807, 2.05) is 0 Å². The average molecular weight is 230 g/mol. The molecule has 0 aliphatic carbocycles. The van der Waals surface area contributed by atoms with E-state index in [9.17, 15) is 13.6 Å². The summed E-state index contributed by atoms with van der Waals surface area (Å²) in [5.41, 5.74) is -1.28. The molecule has 0 atom stereocenters. The molecule has 5 heteroatoms. The van der Waals surface area contributed by atoms with Crippen LogP contribution in [0.1, 0.15) is 19.4 Å². The van der Waals surface area contributed by atoms with Crippen molar-refractivity contribution in [2.75, 3.05) is 0 Å². The lowest BCUT2D eigenvalue weighted by Crippen LogP contribution is -2.38. The number of aliphatic carboxylic acids is 1. The molecular formula is C11H12F2O3. The number of carbonyl (C=O) groups is 1. The molecule has 0 amide bonds. The fourth-order valence-electron chi connectivity index (χ4n) is 1.08. The third-order valence-electron chi connectivity index (χ3n) is 2.01. The van der Waals surface area contributed by atoms with Crippen LogP contribution in [-0.2, 0) is 4.79 Å². The largest absolute Gasteiger partial charge is 0.478 e. The molecule has 0 radical (unpaired) electrons. The Hall–Kier alpha value is -1.65. The number of carboxylic acids is 1. The second-order valence-corrected chi connectivity index (χ2v) is 3.98. The highest BCUT2D eigenvalue weighted by Crippen LogP contribution is 2.27. The minimum absolute atomic E-state index is 0.399. The minimum atomic E-state index is -1.68. The summed E-state index contributed by atoms with van der Waals surface area (Å²) < 4.78 is 31.5. The van der Waals surface area contributed by atoms with Gasteiger partial charge in [-0.15, -0.1) is 0 Å².